The van der Waals surface area contributed by atoms with Crippen molar-refractivity contribution in [3.8, 4) is 0 Å². The van der Waals surface area contributed by atoms with Crippen LogP contribution >= 0.6 is 23.8 Å². The number of aromatic nitrogens is 1. The molecule has 0 amide bonds. The molecule has 5 rings (SSSR count). The molecule has 4 aromatic carbocycles. The minimum atomic E-state index is -0.775. The SMILES string of the molecule is CC(C)(C)c1ccc2[n-]c3ccc(C(C)(C)C)cc3c2c1.CC(C)[PH+](c1ccccc1[PH+](C)c1ccccc1[PH+](C(C)C)C(C)C)C(C)C.[Cu+]. The van der Waals surface area contributed by atoms with E-state index >= 15 is 0 Å². The van der Waals surface area contributed by atoms with Crippen molar-refractivity contribution >= 4 is 66.8 Å². The smallest absolute Gasteiger partial charge is 0.657 e. The van der Waals surface area contributed by atoms with Gasteiger partial charge in [0.1, 0.15) is 21.2 Å². The molecule has 0 saturated carbocycles. The summed E-state index contributed by atoms with van der Waals surface area (Å²) in [5.74, 6) is 0. The Morgan fingerprint density at radius 2 is 0.760 bits per heavy atom. The molecule has 0 saturated heterocycles. The molecule has 1 aromatic heterocycles. The predicted octanol–water partition coefficient (Wildman–Crippen LogP) is 11.3. The average Bonchev–Trinajstić information content (AvgIpc) is 3.37. The van der Waals surface area contributed by atoms with Gasteiger partial charge in [0.25, 0.3) is 0 Å². The van der Waals surface area contributed by atoms with Gasteiger partial charge >= 0.3 is 17.1 Å². The van der Waals surface area contributed by atoms with Crippen molar-refractivity contribution in [1.82, 2.24) is 4.98 Å². The second-order valence-corrected chi connectivity index (χ2v) is 27.2. The summed E-state index contributed by atoms with van der Waals surface area (Å²) in [5, 5.41) is 9.31. The number of rotatable bonds is 8. The summed E-state index contributed by atoms with van der Waals surface area (Å²) in [7, 11) is -1.91. The first-order valence-electron chi connectivity index (χ1n) is 18.6. The van der Waals surface area contributed by atoms with Crippen LogP contribution in [0.25, 0.3) is 21.8 Å². The minimum Gasteiger partial charge on any atom is -0.657 e. The van der Waals surface area contributed by atoms with Crippen LogP contribution in [0, 0.1) is 0 Å². The van der Waals surface area contributed by atoms with Crippen molar-refractivity contribution in [3.05, 3.63) is 96.1 Å². The fourth-order valence-corrected chi connectivity index (χ4v) is 18.1. The second kappa shape index (κ2) is 17.5. The van der Waals surface area contributed by atoms with Gasteiger partial charge in [0.15, 0.2) is 0 Å². The van der Waals surface area contributed by atoms with Crippen LogP contribution in [-0.4, -0.2) is 29.3 Å². The zero-order chi connectivity index (χ0) is 36.4. The molecule has 5 heteroatoms. The Kier molecular flexibility index (Phi) is 15.1. The Labute approximate surface area is 320 Å². The normalized spacial score (nSPS) is 12.6. The van der Waals surface area contributed by atoms with Crippen LogP contribution in [0.15, 0.2) is 84.9 Å². The molecule has 0 aliphatic heterocycles. The number of hydrogen-bond acceptors (Lipinski definition) is 0. The molecule has 5 aromatic rings. The average molecular weight is 777 g/mol. The number of hydrogen-bond donors (Lipinski definition) is 0. The van der Waals surface area contributed by atoms with E-state index in [1.54, 1.807) is 21.2 Å². The quantitative estimate of drug-likeness (QED) is 0.113. The monoisotopic (exact) mass is 776 g/mol. The van der Waals surface area contributed by atoms with Crippen molar-refractivity contribution in [1.29, 1.82) is 0 Å². The molecule has 0 fully saturated rings. The fourth-order valence-electron chi connectivity index (χ4n) is 7.61. The maximum Gasteiger partial charge on any atom is 1.00 e. The van der Waals surface area contributed by atoms with Gasteiger partial charge in [-0.3, -0.25) is 0 Å². The summed E-state index contributed by atoms with van der Waals surface area (Å²) in [6.45, 7) is 35.5. The standard InChI is InChI=1S/C25H39P3.C20H24N.Cu/c1-18(2)27(19(3)4)24-16-12-10-14-22(24)26(9)23-15-11-13-17-25(23)28(20(5)6)21(7)8;1-19(2,3)13-7-9-17-15(11-13)16-12-14(20(4,5)6)8-10-18(16)21-17;/h10-21H,1-9H3;7-12H,1-6H3;/q;-1;+1/p+3. The Bertz CT molecular complexity index is 1690. The van der Waals surface area contributed by atoms with E-state index in [9.17, 15) is 0 Å². The van der Waals surface area contributed by atoms with Crippen LogP contribution in [0.1, 0.15) is 108 Å². The van der Waals surface area contributed by atoms with Crippen LogP contribution in [0.2, 0.25) is 0 Å². The molecule has 0 unspecified atom stereocenters. The molecule has 1 nitrogen and oxygen atoms in total. The number of fused-ring (bicyclic) bond motifs is 3. The van der Waals surface area contributed by atoms with Gasteiger partial charge in [-0.1, -0.05) is 102 Å². The van der Waals surface area contributed by atoms with Gasteiger partial charge in [-0.2, -0.15) is 0 Å². The summed E-state index contributed by atoms with van der Waals surface area (Å²) < 4.78 is 0. The van der Waals surface area contributed by atoms with Crippen LogP contribution in [0.4, 0.5) is 0 Å². The van der Waals surface area contributed by atoms with Crippen molar-refractivity contribution in [3.63, 3.8) is 0 Å². The van der Waals surface area contributed by atoms with Crippen molar-refractivity contribution in [2.24, 2.45) is 0 Å². The molecule has 0 aliphatic rings. The zero-order valence-corrected chi connectivity index (χ0v) is 37.6. The third-order valence-corrected chi connectivity index (χ3v) is 20.1. The molecular weight excluding hydrogens is 711 g/mol. The fraction of sp³-hybridized carbons (Fsp3) is 0.467. The Morgan fingerprint density at radius 3 is 1.04 bits per heavy atom. The molecular formula is C45H66CuNP3+3. The third-order valence-electron chi connectivity index (χ3n) is 10.0. The van der Waals surface area contributed by atoms with Crippen LogP contribution in [0.5, 0.6) is 0 Å². The maximum atomic E-state index is 4.76. The summed E-state index contributed by atoms with van der Waals surface area (Å²) in [6, 6.07) is 32.3. The van der Waals surface area contributed by atoms with Gasteiger partial charge in [0.05, 0.1) is 37.2 Å². The number of nitrogens with zero attached hydrogens (tertiary/aromatic N) is 1. The van der Waals surface area contributed by atoms with Gasteiger partial charge in [0.2, 0.25) is 0 Å². The van der Waals surface area contributed by atoms with Crippen molar-refractivity contribution in [2.75, 3.05) is 6.66 Å². The second-order valence-electron chi connectivity index (χ2n) is 17.3. The third kappa shape index (κ3) is 9.92. The van der Waals surface area contributed by atoms with Gasteiger partial charge in [-0.05, 0) is 112 Å². The molecule has 0 radical (unpaired) electrons. The van der Waals surface area contributed by atoms with E-state index in [0.717, 1.165) is 33.7 Å². The molecule has 0 N–H and O–H groups in total. The predicted molar refractivity (Wildman–Crippen MR) is 235 cm³/mol. The first-order valence-corrected chi connectivity index (χ1v) is 23.9. The Balaban J connectivity index is 0.000000274. The van der Waals surface area contributed by atoms with Crippen LogP contribution < -0.4 is 26.2 Å². The van der Waals surface area contributed by atoms with E-state index < -0.39 is 23.8 Å². The van der Waals surface area contributed by atoms with Gasteiger partial charge in [-0.25, -0.2) is 0 Å². The van der Waals surface area contributed by atoms with Gasteiger partial charge < -0.3 is 4.98 Å². The summed E-state index contributed by atoms with van der Waals surface area (Å²) in [5.41, 5.74) is 8.33. The van der Waals surface area contributed by atoms with E-state index in [4.69, 9.17) is 4.98 Å². The minimum absolute atomic E-state index is 0. The first kappa shape index (κ1) is 42.9. The molecule has 0 atom stereocenters. The molecule has 274 valence electrons. The van der Waals surface area contributed by atoms with E-state index in [0.29, 0.717) is 0 Å². The van der Waals surface area contributed by atoms with Crippen LogP contribution in [-0.2, 0) is 27.9 Å². The van der Waals surface area contributed by atoms with Gasteiger partial charge in [0, 0.05) is 15.8 Å². The van der Waals surface area contributed by atoms with Gasteiger partial charge in [-0.15, -0.1) is 11.0 Å². The summed E-state index contributed by atoms with van der Waals surface area (Å²) in [6.07, 6.45) is 0. The van der Waals surface area contributed by atoms with Crippen molar-refractivity contribution < 1.29 is 17.1 Å². The topological polar surface area (TPSA) is 14.1 Å². The summed E-state index contributed by atoms with van der Waals surface area (Å²) >= 11 is 0. The molecule has 0 aliphatic carbocycles. The van der Waals surface area contributed by atoms with Crippen molar-refractivity contribution in [2.45, 2.75) is 130 Å². The van der Waals surface area contributed by atoms with E-state index in [1.165, 1.54) is 21.9 Å². The Morgan fingerprint density at radius 1 is 0.460 bits per heavy atom. The van der Waals surface area contributed by atoms with E-state index in [2.05, 4.69) is 189 Å². The Hall–Kier alpha value is -1.51. The molecule has 0 bridgehead atoms. The zero-order valence-electron chi connectivity index (χ0n) is 33.6. The molecule has 50 heavy (non-hydrogen) atoms. The maximum absolute atomic E-state index is 4.76. The molecule has 1 heterocycles. The summed E-state index contributed by atoms with van der Waals surface area (Å²) in [4.78, 5) is 4.76. The van der Waals surface area contributed by atoms with Crippen LogP contribution in [0.3, 0.4) is 0 Å². The van der Waals surface area contributed by atoms with E-state index in [-0.39, 0.29) is 27.9 Å². The first-order chi connectivity index (χ1) is 22.8. The molecule has 0 spiro atoms. The van der Waals surface area contributed by atoms with E-state index in [1.807, 2.05) is 0 Å². The largest absolute Gasteiger partial charge is 1.00 e. The number of benzene rings is 4.